The molecule has 0 aliphatic rings. The number of nitrogens with zero attached hydrogens (tertiary/aromatic N) is 3. The minimum Gasteiger partial charge on any atom is -0.360 e. The van der Waals surface area contributed by atoms with Gasteiger partial charge in [0.05, 0.1) is 0 Å². The maximum atomic E-state index is 12.1. The molecule has 1 N–H and O–H groups in total. The molecular formula is C13H22N4O3. The highest BCUT2D eigenvalue weighted by atomic mass is 16.5. The summed E-state index contributed by atoms with van der Waals surface area (Å²) in [7, 11) is 3.33. The molecule has 7 heteroatoms. The summed E-state index contributed by atoms with van der Waals surface area (Å²) in [6, 6.07) is 1.42. The van der Waals surface area contributed by atoms with E-state index < -0.39 is 0 Å². The number of aryl methyl sites for hydroxylation is 1. The van der Waals surface area contributed by atoms with Crippen LogP contribution in [0.5, 0.6) is 0 Å². The molecule has 7 nitrogen and oxygen atoms in total. The van der Waals surface area contributed by atoms with Crippen LogP contribution in [-0.2, 0) is 4.79 Å². The molecule has 1 aromatic rings. The maximum absolute atomic E-state index is 12.1. The van der Waals surface area contributed by atoms with Gasteiger partial charge in [-0.25, -0.2) is 4.79 Å². The fourth-order valence-corrected chi connectivity index (χ4v) is 1.65. The van der Waals surface area contributed by atoms with Crippen LogP contribution in [0.25, 0.3) is 0 Å². The minimum atomic E-state index is -0.297. The Morgan fingerprint density at radius 1 is 1.45 bits per heavy atom. The summed E-state index contributed by atoms with van der Waals surface area (Å²) in [6.45, 7) is 5.61. The van der Waals surface area contributed by atoms with Gasteiger partial charge in [-0.15, -0.1) is 0 Å². The van der Waals surface area contributed by atoms with Gasteiger partial charge in [0.25, 0.3) is 0 Å². The van der Waals surface area contributed by atoms with Gasteiger partial charge in [0.1, 0.15) is 12.3 Å². The first-order chi connectivity index (χ1) is 9.35. The van der Waals surface area contributed by atoms with E-state index in [4.69, 9.17) is 4.52 Å². The maximum Gasteiger partial charge on any atom is 0.320 e. The quantitative estimate of drug-likeness (QED) is 0.891. The zero-order valence-corrected chi connectivity index (χ0v) is 12.6. The predicted octanol–water partition coefficient (Wildman–Crippen LogP) is 1.70. The number of anilines is 1. The topological polar surface area (TPSA) is 78.7 Å². The number of hydrogen-bond donors (Lipinski definition) is 1. The Morgan fingerprint density at radius 3 is 2.55 bits per heavy atom. The van der Waals surface area contributed by atoms with Crippen molar-refractivity contribution in [2.24, 2.45) is 0 Å². The van der Waals surface area contributed by atoms with Crippen LogP contribution in [0.4, 0.5) is 10.6 Å². The summed E-state index contributed by atoms with van der Waals surface area (Å²) < 4.78 is 4.87. The average molecular weight is 282 g/mol. The van der Waals surface area contributed by atoms with Crippen molar-refractivity contribution in [2.45, 2.75) is 33.2 Å². The van der Waals surface area contributed by atoms with Crippen LogP contribution in [0, 0.1) is 6.92 Å². The highest BCUT2D eigenvalue weighted by Crippen LogP contribution is 2.09. The third kappa shape index (κ3) is 4.25. The highest BCUT2D eigenvalue weighted by molar-refractivity contribution is 5.93. The van der Waals surface area contributed by atoms with E-state index in [9.17, 15) is 9.59 Å². The number of hydrogen-bond acceptors (Lipinski definition) is 4. The predicted molar refractivity (Wildman–Crippen MR) is 75.4 cm³/mol. The molecule has 0 spiro atoms. The molecule has 1 rings (SSSR count). The van der Waals surface area contributed by atoms with E-state index in [-0.39, 0.29) is 24.5 Å². The van der Waals surface area contributed by atoms with Crippen molar-refractivity contribution in [1.82, 2.24) is 15.0 Å². The lowest BCUT2D eigenvalue weighted by Crippen LogP contribution is -2.47. The molecule has 1 atom stereocenters. The SMILES string of the molecule is CCC(C)N(CC(=O)Nc1cc(C)on1)C(=O)N(C)C. The zero-order valence-electron chi connectivity index (χ0n) is 12.6. The van der Waals surface area contributed by atoms with Crippen LogP contribution >= 0.6 is 0 Å². The normalized spacial score (nSPS) is 11.8. The largest absolute Gasteiger partial charge is 0.360 e. The number of amides is 3. The lowest BCUT2D eigenvalue weighted by atomic mass is 10.2. The second kappa shape index (κ2) is 6.93. The average Bonchev–Trinajstić information content (AvgIpc) is 2.79. The van der Waals surface area contributed by atoms with Crippen LogP contribution in [0.3, 0.4) is 0 Å². The lowest BCUT2D eigenvalue weighted by molar-refractivity contribution is -0.117. The summed E-state index contributed by atoms with van der Waals surface area (Å²) in [6.07, 6.45) is 0.774. The van der Waals surface area contributed by atoms with Crippen molar-refractivity contribution >= 4 is 17.8 Å². The van der Waals surface area contributed by atoms with Gasteiger partial charge in [-0.3, -0.25) is 4.79 Å². The van der Waals surface area contributed by atoms with Crippen LogP contribution in [0.15, 0.2) is 10.6 Å². The number of nitrogens with one attached hydrogen (secondary N) is 1. The van der Waals surface area contributed by atoms with Crippen molar-refractivity contribution in [1.29, 1.82) is 0 Å². The fourth-order valence-electron chi connectivity index (χ4n) is 1.65. The number of carbonyl (C=O) groups is 2. The Labute approximate surface area is 118 Å². The summed E-state index contributed by atoms with van der Waals surface area (Å²) in [5, 5.41) is 6.30. The summed E-state index contributed by atoms with van der Waals surface area (Å²) in [5.74, 6) is 0.672. The Balaban J connectivity index is 2.69. The van der Waals surface area contributed by atoms with Crippen molar-refractivity contribution in [3.63, 3.8) is 0 Å². The molecule has 1 aromatic heterocycles. The molecule has 0 saturated heterocycles. The minimum absolute atomic E-state index is 0.0159. The van der Waals surface area contributed by atoms with E-state index in [1.165, 1.54) is 9.80 Å². The molecule has 3 amide bonds. The van der Waals surface area contributed by atoms with Crippen molar-refractivity contribution in [2.75, 3.05) is 26.0 Å². The van der Waals surface area contributed by atoms with Crippen molar-refractivity contribution in [3.8, 4) is 0 Å². The van der Waals surface area contributed by atoms with E-state index in [1.807, 2.05) is 13.8 Å². The van der Waals surface area contributed by atoms with Crippen LogP contribution in [0.1, 0.15) is 26.0 Å². The zero-order chi connectivity index (χ0) is 15.3. The van der Waals surface area contributed by atoms with Crippen molar-refractivity contribution < 1.29 is 14.1 Å². The third-order valence-corrected chi connectivity index (χ3v) is 2.96. The fraction of sp³-hybridized carbons (Fsp3) is 0.615. The first-order valence-corrected chi connectivity index (χ1v) is 6.56. The smallest absolute Gasteiger partial charge is 0.320 e. The molecule has 0 aromatic carbocycles. The third-order valence-electron chi connectivity index (χ3n) is 2.96. The van der Waals surface area contributed by atoms with Gasteiger partial charge in [-0.2, -0.15) is 0 Å². The van der Waals surface area contributed by atoms with Gasteiger partial charge >= 0.3 is 6.03 Å². The van der Waals surface area contributed by atoms with Crippen molar-refractivity contribution in [3.05, 3.63) is 11.8 Å². The molecule has 0 aliphatic heterocycles. The molecule has 1 heterocycles. The van der Waals surface area contributed by atoms with E-state index in [1.54, 1.807) is 27.1 Å². The molecule has 1 unspecified atom stereocenters. The summed E-state index contributed by atoms with van der Waals surface area (Å²) in [5.41, 5.74) is 0. The van der Waals surface area contributed by atoms with Gasteiger partial charge in [0.2, 0.25) is 5.91 Å². The van der Waals surface area contributed by atoms with E-state index in [0.29, 0.717) is 11.6 Å². The van der Waals surface area contributed by atoms with Crippen LogP contribution in [-0.4, -0.2) is 53.6 Å². The Kier molecular flexibility index (Phi) is 5.54. The summed E-state index contributed by atoms with van der Waals surface area (Å²) in [4.78, 5) is 27.0. The van der Waals surface area contributed by atoms with E-state index in [0.717, 1.165) is 6.42 Å². The van der Waals surface area contributed by atoms with Gasteiger partial charge in [-0.1, -0.05) is 12.1 Å². The summed E-state index contributed by atoms with van der Waals surface area (Å²) >= 11 is 0. The Bertz CT molecular complexity index is 470. The molecular weight excluding hydrogens is 260 g/mol. The Morgan fingerprint density at radius 2 is 2.10 bits per heavy atom. The molecule has 0 fully saturated rings. The number of urea groups is 1. The molecule has 112 valence electrons. The van der Waals surface area contributed by atoms with Gasteiger partial charge in [0, 0.05) is 26.2 Å². The standard InChI is InChI=1S/C13H22N4O3/c1-6-9(2)17(13(19)16(4)5)8-12(18)14-11-7-10(3)20-15-11/h7,9H,6,8H2,1-5H3,(H,14,15,18). The van der Waals surface area contributed by atoms with E-state index in [2.05, 4.69) is 10.5 Å². The molecule has 0 aliphatic carbocycles. The Hall–Kier alpha value is -2.05. The second-order valence-corrected chi connectivity index (χ2v) is 4.93. The highest BCUT2D eigenvalue weighted by Gasteiger charge is 2.23. The second-order valence-electron chi connectivity index (χ2n) is 4.93. The number of rotatable bonds is 5. The molecule has 0 radical (unpaired) electrons. The van der Waals surface area contributed by atoms with Crippen LogP contribution < -0.4 is 5.32 Å². The van der Waals surface area contributed by atoms with Gasteiger partial charge < -0.3 is 19.6 Å². The molecule has 0 bridgehead atoms. The molecule has 0 saturated carbocycles. The van der Waals surface area contributed by atoms with Gasteiger partial charge in [0.15, 0.2) is 5.82 Å². The first kappa shape index (κ1) is 16.0. The number of carbonyl (C=O) groups excluding carboxylic acids is 2. The lowest BCUT2D eigenvalue weighted by Gasteiger charge is -2.30. The molecule has 20 heavy (non-hydrogen) atoms. The van der Waals surface area contributed by atoms with Gasteiger partial charge in [-0.05, 0) is 20.3 Å². The first-order valence-electron chi connectivity index (χ1n) is 6.56. The monoisotopic (exact) mass is 282 g/mol. The van der Waals surface area contributed by atoms with E-state index >= 15 is 0 Å². The number of aromatic nitrogens is 1. The van der Waals surface area contributed by atoms with Crippen LogP contribution in [0.2, 0.25) is 0 Å².